The van der Waals surface area contributed by atoms with Gasteiger partial charge in [0.25, 0.3) is 5.91 Å². The summed E-state index contributed by atoms with van der Waals surface area (Å²) in [6.45, 7) is 4.17. The fraction of sp³-hybridized carbons (Fsp3) is 0.588. The molecule has 0 saturated carbocycles. The molecule has 4 heterocycles. The predicted molar refractivity (Wildman–Crippen MR) is 80.7 cm³/mol. The van der Waals surface area contributed by atoms with Crippen molar-refractivity contribution in [2.45, 2.75) is 31.7 Å². The summed E-state index contributed by atoms with van der Waals surface area (Å²) in [7, 11) is 0. The van der Waals surface area contributed by atoms with Gasteiger partial charge in [0, 0.05) is 18.2 Å². The fourth-order valence-electron chi connectivity index (χ4n) is 3.86. The zero-order valence-electron chi connectivity index (χ0n) is 12.3. The molecule has 1 atom stereocenters. The van der Waals surface area contributed by atoms with Crippen molar-refractivity contribution >= 4 is 5.91 Å². The van der Waals surface area contributed by atoms with E-state index in [0.29, 0.717) is 12.0 Å². The molecule has 3 saturated heterocycles. The molecule has 4 nitrogen and oxygen atoms in total. The molecule has 0 radical (unpaired) electrons. The smallest absolute Gasteiger partial charge is 0.251 e. The average Bonchev–Trinajstić information content (AvgIpc) is 2.55. The van der Waals surface area contributed by atoms with Gasteiger partial charge in [0.15, 0.2) is 0 Å². The van der Waals surface area contributed by atoms with E-state index >= 15 is 0 Å². The van der Waals surface area contributed by atoms with Crippen LogP contribution in [0.5, 0.6) is 5.75 Å². The Morgan fingerprint density at radius 3 is 2.90 bits per heavy atom. The summed E-state index contributed by atoms with van der Waals surface area (Å²) in [6, 6.07) is 6.20. The fourth-order valence-corrected chi connectivity index (χ4v) is 3.86. The van der Waals surface area contributed by atoms with E-state index in [-0.39, 0.29) is 5.91 Å². The first-order valence-corrected chi connectivity index (χ1v) is 8.08. The number of nitrogens with zero attached hydrogens (tertiary/aromatic N) is 1. The number of rotatable bonds is 2. The maximum atomic E-state index is 12.5. The minimum atomic E-state index is 0.0470. The molecular weight excluding hydrogens is 264 g/mol. The number of aryl methyl sites for hydroxylation is 1. The molecule has 21 heavy (non-hydrogen) atoms. The third-order valence-electron chi connectivity index (χ3n) is 5.15. The minimum Gasteiger partial charge on any atom is -0.493 e. The van der Waals surface area contributed by atoms with Crippen molar-refractivity contribution in [1.82, 2.24) is 10.2 Å². The maximum absolute atomic E-state index is 12.5. The Kier molecular flexibility index (Phi) is 3.34. The van der Waals surface area contributed by atoms with E-state index in [1.807, 2.05) is 18.2 Å². The zero-order valence-corrected chi connectivity index (χ0v) is 12.3. The lowest BCUT2D eigenvalue weighted by atomic mass is 9.84. The molecule has 1 aromatic rings. The van der Waals surface area contributed by atoms with Gasteiger partial charge < -0.3 is 15.0 Å². The third-order valence-corrected chi connectivity index (χ3v) is 5.15. The quantitative estimate of drug-likeness (QED) is 0.902. The molecule has 4 aliphatic heterocycles. The molecule has 0 unspecified atom stereocenters. The van der Waals surface area contributed by atoms with E-state index in [1.165, 1.54) is 31.5 Å². The van der Waals surface area contributed by atoms with Crippen LogP contribution in [0.2, 0.25) is 0 Å². The van der Waals surface area contributed by atoms with Crippen molar-refractivity contribution in [3.8, 4) is 5.75 Å². The highest BCUT2D eigenvalue weighted by Crippen LogP contribution is 2.29. The van der Waals surface area contributed by atoms with E-state index in [9.17, 15) is 4.79 Å². The number of carbonyl (C=O) groups excluding carboxylic acids is 1. The molecule has 1 N–H and O–H groups in total. The Morgan fingerprint density at radius 2 is 2.14 bits per heavy atom. The van der Waals surface area contributed by atoms with E-state index in [0.717, 1.165) is 37.3 Å². The van der Waals surface area contributed by atoms with E-state index in [2.05, 4.69) is 10.2 Å². The number of amides is 1. The van der Waals surface area contributed by atoms with Gasteiger partial charge in [-0.1, -0.05) is 6.07 Å². The summed E-state index contributed by atoms with van der Waals surface area (Å²) in [5.74, 6) is 1.60. The maximum Gasteiger partial charge on any atom is 0.251 e. The number of carbonyl (C=O) groups is 1. The van der Waals surface area contributed by atoms with Crippen LogP contribution in [0, 0.1) is 5.92 Å². The predicted octanol–water partition coefficient (Wildman–Crippen LogP) is 1.84. The van der Waals surface area contributed by atoms with Gasteiger partial charge in [-0.05, 0) is 62.4 Å². The van der Waals surface area contributed by atoms with Gasteiger partial charge in [-0.25, -0.2) is 0 Å². The lowest BCUT2D eigenvalue weighted by molar-refractivity contribution is 0.0620. The lowest BCUT2D eigenvalue weighted by Crippen LogP contribution is -2.57. The van der Waals surface area contributed by atoms with Gasteiger partial charge >= 0.3 is 0 Å². The van der Waals surface area contributed by atoms with E-state index < -0.39 is 0 Å². The Labute approximate surface area is 125 Å². The Bertz CT molecular complexity index is 550. The second-order valence-corrected chi connectivity index (χ2v) is 6.49. The first-order chi connectivity index (χ1) is 10.3. The topological polar surface area (TPSA) is 41.6 Å². The number of hydrogen-bond donors (Lipinski definition) is 1. The highest BCUT2D eigenvalue weighted by Gasteiger charge is 2.35. The van der Waals surface area contributed by atoms with Gasteiger partial charge in [-0.15, -0.1) is 0 Å². The highest BCUT2D eigenvalue weighted by atomic mass is 16.5. The molecule has 112 valence electrons. The summed E-state index contributed by atoms with van der Waals surface area (Å²) < 4.78 is 5.67. The molecule has 5 rings (SSSR count). The van der Waals surface area contributed by atoms with Crippen molar-refractivity contribution in [1.29, 1.82) is 0 Å². The molecule has 0 aromatic heterocycles. The molecular formula is C17H22N2O2. The van der Waals surface area contributed by atoms with Crippen LogP contribution >= 0.6 is 0 Å². The number of ether oxygens (including phenoxy) is 1. The standard InChI is InChI=1S/C17H22N2O2/c20-17(18-15-11-19-7-5-12(15)6-8-19)14-4-3-13-2-1-9-21-16(13)10-14/h3-4,10,12,15H,1-2,5-9,11H2,(H,18,20)/t15-/m0/s1. The van der Waals surface area contributed by atoms with Crippen LogP contribution in [0.25, 0.3) is 0 Å². The van der Waals surface area contributed by atoms with E-state index in [1.54, 1.807) is 0 Å². The van der Waals surface area contributed by atoms with Crippen LogP contribution in [-0.2, 0) is 6.42 Å². The van der Waals surface area contributed by atoms with Crippen molar-refractivity contribution < 1.29 is 9.53 Å². The van der Waals surface area contributed by atoms with Crippen LogP contribution in [0.15, 0.2) is 18.2 Å². The first-order valence-electron chi connectivity index (χ1n) is 8.08. The van der Waals surface area contributed by atoms with Crippen molar-refractivity contribution in [3.63, 3.8) is 0 Å². The first kappa shape index (κ1) is 13.1. The van der Waals surface area contributed by atoms with Gasteiger partial charge in [0.1, 0.15) is 5.75 Å². The number of benzene rings is 1. The number of nitrogens with one attached hydrogen (secondary N) is 1. The van der Waals surface area contributed by atoms with Crippen molar-refractivity contribution in [2.75, 3.05) is 26.2 Å². The normalized spacial score (nSPS) is 30.4. The molecule has 2 bridgehead atoms. The van der Waals surface area contributed by atoms with E-state index in [4.69, 9.17) is 4.74 Å². The molecule has 1 aromatic carbocycles. The molecule has 3 fully saturated rings. The van der Waals surface area contributed by atoms with Crippen molar-refractivity contribution in [3.05, 3.63) is 29.3 Å². The Balaban J connectivity index is 1.47. The number of fused-ring (bicyclic) bond motifs is 4. The minimum absolute atomic E-state index is 0.0470. The second kappa shape index (κ2) is 5.34. The van der Waals surface area contributed by atoms with Gasteiger partial charge in [-0.2, -0.15) is 0 Å². The molecule has 0 spiro atoms. The molecule has 0 aliphatic carbocycles. The van der Waals surface area contributed by atoms with Crippen molar-refractivity contribution in [2.24, 2.45) is 5.92 Å². The third kappa shape index (κ3) is 2.53. The monoisotopic (exact) mass is 286 g/mol. The zero-order chi connectivity index (χ0) is 14.2. The van der Waals surface area contributed by atoms with Gasteiger partial charge in [0.2, 0.25) is 0 Å². The highest BCUT2D eigenvalue weighted by molar-refractivity contribution is 5.95. The summed E-state index contributed by atoms with van der Waals surface area (Å²) >= 11 is 0. The van der Waals surface area contributed by atoms with Crippen LogP contribution in [0.1, 0.15) is 35.2 Å². The second-order valence-electron chi connectivity index (χ2n) is 6.49. The van der Waals surface area contributed by atoms with Crippen LogP contribution in [-0.4, -0.2) is 43.1 Å². The molecule has 4 aliphatic rings. The number of hydrogen-bond acceptors (Lipinski definition) is 3. The van der Waals surface area contributed by atoms with Crippen LogP contribution in [0.4, 0.5) is 0 Å². The molecule has 1 amide bonds. The SMILES string of the molecule is O=C(N[C@H]1CN2CCC1CC2)c1ccc2c(c1)OCCC2. The lowest BCUT2D eigenvalue weighted by Gasteiger charge is -2.44. The molecule has 4 heteroatoms. The Morgan fingerprint density at radius 1 is 1.29 bits per heavy atom. The average molecular weight is 286 g/mol. The van der Waals surface area contributed by atoms with Gasteiger partial charge in [-0.3, -0.25) is 4.79 Å². The summed E-state index contributed by atoms with van der Waals surface area (Å²) in [5.41, 5.74) is 1.95. The van der Waals surface area contributed by atoms with Gasteiger partial charge in [0.05, 0.1) is 6.61 Å². The summed E-state index contributed by atoms with van der Waals surface area (Å²) in [4.78, 5) is 14.9. The van der Waals surface area contributed by atoms with Crippen LogP contribution < -0.4 is 10.1 Å². The summed E-state index contributed by atoms with van der Waals surface area (Å²) in [6.07, 6.45) is 4.56. The largest absolute Gasteiger partial charge is 0.493 e. The summed E-state index contributed by atoms with van der Waals surface area (Å²) in [5, 5.41) is 3.24. The Hall–Kier alpha value is -1.55. The van der Waals surface area contributed by atoms with Crippen LogP contribution in [0.3, 0.4) is 0 Å². The number of piperidine rings is 3.